The third-order valence-electron chi connectivity index (χ3n) is 2.73. The number of benzene rings is 1. The zero-order chi connectivity index (χ0) is 13.3. The Kier molecular flexibility index (Phi) is 3.74. The number of sulfonamides is 1. The molecule has 0 aromatic heterocycles. The Hall–Kier alpha value is -0.920. The molecule has 0 spiro atoms. The minimum absolute atomic E-state index is 0.0445. The van der Waals surface area contributed by atoms with Crippen LogP contribution in [-0.4, -0.2) is 26.0 Å². The number of carboxylic acid groups (broad SMARTS) is 1. The lowest BCUT2D eigenvalue weighted by molar-refractivity contribution is 0.0696. The molecule has 1 saturated carbocycles. The Balaban J connectivity index is 2.23. The van der Waals surface area contributed by atoms with E-state index < -0.39 is 16.0 Å². The van der Waals surface area contributed by atoms with Crippen LogP contribution in [0.3, 0.4) is 0 Å². The summed E-state index contributed by atoms with van der Waals surface area (Å²) in [4.78, 5) is 10.8. The Morgan fingerprint density at radius 2 is 2.11 bits per heavy atom. The maximum Gasteiger partial charge on any atom is 0.335 e. The normalized spacial score (nSPS) is 15.6. The van der Waals surface area contributed by atoms with Crippen molar-refractivity contribution in [2.45, 2.75) is 17.7 Å². The largest absolute Gasteiger partial charge is 0.478 e. The molecule has 0 unspecified atom stereocenters. The Labute approximate surface area is 113 Å². The molecule has 0 heterocycles. The van der Waals surface area contributed by atoms with Gasteiger partial charge in [-0.25, -0.2) is 17.9 Å². The highest BCUT2D eigenvalue weighted by atomic mass is 79.9. The fourth-order valence-corrected chi connectivity index (χ4v) is 3.67. The van der Waals surface area contributed by atoms with Crippen molar-refractivity contribution in [3.8, 4) is 0 Å². The fourth-order valence-electron chi connectivity index (χ4n) is 1.48. The van der Waals surface area contributed by atoms with Gasteiger partial charge in [0, 0.05) is 11.0 Å². The average molecular weight is 334 g/mol. The van der Waals surface area contributed by atoms with Crippen LogP contribution in [0.4, 0.5) is 0 Å². The molecule has 1 aromatic rings. The zero-order valence-corrected chi connectivity index (χ0v) is 11.8. The van der Waals surface area contributed by atoms with Crippen molar-refractivity contribution in [1.82, 2.24) is 4.72 Å². The smallest absolute Gasteiger partial charge is 0.335 e. The first kappa shape index (κ1) is 13.5. The van der Waals surface area contributed by atoms with Crippen LogP contribution >= 0.6 is 15.9 Å². The molecule has 98 valence electrons. The van der Waals surface area contributed by atoms with E-state index in [1.165, 1.54) is 18.2 Å². The number of nitrogens with one attached hydrogen (secondary N) is 1. The summed E-state index contributed by atoms with van der Waals surface area (Å²) in [6.07, 6.45) is 2.11. The lowest BCUT2D eigenvalue weighted by Crippen LogP contribution is -2.26. The van der Waals surface area contributed by atoms with E-state index in [2.05, 4.69) is 20.7 Å². The SMILES string of the molecule is O=C(O)c1ccc(S(=O)(=O)NCC2CC2)c(Br)c1. The molecule has 1 aromatic carbocycles. The van der Waals surface area contributed by atoms with Gasteiger partial charge in [-0.3, -0.25) is 0 Å². The van der Waals surface area contributed by atoms with E-state index in [9.17, 15) is 13.2 Å². The summed E-state index contributed by atoms with van der Waals surface area (Å²) in [5, 5.41) is 8.80. The van der Waals surface area contributed by atoms with E-state index in [0.29, 0.717) is 12.5 Å². The lowest BCUT2D eigenvalue weighted by Gasteiger charge is -2.08. The summed E-state index contributed by atoms with van der Waals surface area (Å²) in [5.74, 6) is -0.651. The van der Waals surface area contributed by atoms with Gasteiger partial charge < -0.3 is 5.11 Å². The third-order valence-corrected chi connectivity index (χ3v) is 5.13. The van der Waals surface area contributed by atoms with Gasteiger partial charge in [-0.1, -0.05) is 0 Å². The summed E-state index contributed by atoms with van der Waals surface area (Å²) < 4.78 is 26.7. The predicted octanol–water partition coefficient (Wildman–Crippen LogP) is 1.84. The maximum absolute atomic E-state index is 12.0. The van der Waals surface area contributed by atoms with E-state index in [4.69, 9.17) is 5.11 Å². The van der Waals surface area contributed by atoms with Crippen LogP contribution in [0.1, 0.15) is 23.2 Å². The number of halogens is 1. The van der Waals surface area contributed by atoms with Crippen molar-refractivity contribution in [2.75, 3.05) is 6.54 Å². The second kappa shape index (κ2) is 4.99. The second-order valence-electron chi connectivity index (χ2n) is 4.25. The highest BCUT2D eigenvalue weighted by Gasteiger charge is 2.25. The van der Waals surface area contributed by atoms with Crippen LogP contribution in [-0.2, 0) is 10.0 Å². The first-order valence-corrected chi connectivity index (χ1v) is 7.70. The van der Waals surface area contributed by atoms with Gasteiger partial charge in [-0.15, -0.1) is 0 Å². The van der Waals surface area contributed by atoms with Crippen molar-refractivity contribution in [3.05, 3.63) is 28.2 Å². The summed E-state index contributed by atoms with van der Waals surface area (Å²) in [5.41, 5.74) is 0.0445. The molecular formula is C11H12BrNO4S. The van der Waals surface area contributed by atoms with Crippen LogP contribution in [0.5, 0.6) is 0 Å². The van der Waals surface area contributed by atoms with Crippen molar-refractivity contribution < 1.29 is 18.3 Å². The van der Waals surface area contributed by atoms with Gasteiger partial charge in [0.2, 0.25) is 10.0 Å². The number of rotatable bonds is 5. The first-order valence-electron chi connectivity index (χ1n) is 5.42. The van der Waals surface area contributed by atoms with Crippen molar-refractivity contribution in [2.24, 2.45) is 5.92 Å². The van der Waals surface area contributed by atoms with Gasteiger partial charge in [-0.2, -0.15) is 0 Å². The zero-order valence-electron chi connectivity index (χ0n) is 9.39. The molecular weight excluding hydrogens is 322 g/mol. The average Bonchev–Trinajstić information content (AvgIpc) is 3.09. The summed E-state index contributed by atoms with van der Waals surface area (Å²) in [7, 11) is -3.58. The van der Waals surface area contributed by atoms with Gasteiger partial charge in [0.05, 0.1) is 10.5 Å². The molecule has 1 aliphatic carbocycles. The Morgan fingerprint density at radius 3 is 2.61 bits per heavy atom. The molecule has 18 heavy (non-hydrogen) atoms. The maximum atomic E-state index is 12.0. The van der Waals surface area contributed by atoms with E-state index >= 15 is 0 Å². The van der Waals surface area contributed by atoms with Gasteiger partial charge in [0.25, 0.3) is 0 Å². The highest BCUT2D eigenvalue weighted by Crippen LogP contribution is 2.29. The lowest BCUT2D eigenvalue weighted by atomic mass is 10.2. The number of carbonyl (C=O) groups is 1. The Morgan fingerprint density at radius 1 is 1.44 bits per heavy atom. The third kappa shape index (κ3) is 3.09. The monoisotopic (exact) mass is 333 g/mol. The van der Waals surface area contributed by atoms with Crippen molar-refractivity contribution in [3.63, 3.8) is 0 Å². The fraction of sp³-hybridized carbons (Fsp3) is 0.364. The molecule has 0 aliphatic heterocycles. The molecule has 1 fully saturated rings. The molecule has 0 bridgehead atoms. The van der Waals surface area contributed by atoms with Gasteiger partial charge >= 0.3 is 5.97 Å². The number of hydrogen-bond donors (Lipinski definition) is 2. The number of carboxylic acids is 1. The molecule has 2 N–H and O–H groups in total. The molecule has 0 saturated heterocycles. The van der Waals surface area contributed by atoms with Gasteiger partial charge in [0.15, 0.2) is 0 Å². The van der Waals surface area contributed by atoms with E-state index in [1.54, 1.807) is 0 Å². The predicted molar refractivity (Wildman–Crippen MR) is 69.0 cm³/mol. The number of aromatic carboxylic acids is 1. The summed E-state index contributed by atoms with van der Waals surface area (Å²) in [6, 6.07) is 3.86. The standard InChI is InChI=1S/C11H12BrNO4S/c12-9-5-8(11(14)15)3-4-10(9)18(16,17)13-6-7-1-2-7/h3-5,7,13H,1-2,6H2,(H,14,15). The highest BCUT2D eigenvalue weighted by molar-refractivity contribution is 9.10. The molecule has 7 heteroatoms. The van der Waals surface area contributed by atoms with Crippen LogP contribution in [0, 0.1) is 5.92 Å². The van der Waals surface area contributed by atoms with Crippen molar-refractivity contribution >= 4 is 31.9 Å². The molecule has 2 rings (SSSR count). The quantitative estimate of drug-likeness (QED) is 0.861. The van der Waals surface area contributed by atoms with Gasteiger partial charge in [0.1, 0.15) is 0 Å². The van der Waals surface area contributed by atoms with Crippen LogP contribution in [0.2, 0.25) is 0 Å². The minimum atomic E-state index is -3.58. The topological polar surface area (TPSA) is 83.5 Å². The first-order chi connectivity index (χ1) is 8.40. The number of hydrogen-bond acceptors (Lipinski definition) is 3. The van der Waals surface area contributed by atoms with Crippen LogP contribution < -0.4 is 4.72 Å². The molecule has 5 nitrogen and oxygen atoms in total. The van der Waals surface area contributed by atoms with Gasteiger partial charge in [-0.05, 0) is 52.9 Å². The molecule has 0 atom stereocenters. The van der Waals surface area contributed by atoms with E-state index in [0.717, 1.165) is 12.8 Å². The Bertz CT molecular complexity index is 581. The van der Waals surface area contributed by atoms with Crippen molar-refractivity contribution in [1.29, 1.82) is 0 Å². The van der Waals surface area contributed by atoms with E-state index in [1.807, 2.05) is 0 Å². The molecule has 1 aliphatic rings. The minimum Gasteiger partial charge on any atom is -0.478 e. The molecule has 0 radical (unpaired) electrons. The summed E-state index contributed by atoms with van der Waals surface area (Å²) in [6.45, 7) is 0.440. The molecule has 0 amide bonds. The van der Waals surface area contributed by atoms with Crippen LogP contribution in [0.25, 0.3) is 0 Å². The van der Waals surface area contributed by atoms with Crippen LogP contribution in [0.15, 0.2) is 27.6 Å². The second-order valence-corrected chi connectivity index (χ2v) is 6.84. The van der Waals surface area contributed by atoms with E-state index in [-0.39, 0.29) is 14.9 Å². The summed E-state index contributed by atoms with van der Waals surface area (Å²) >= 11 is 3.09.